The minimum atomic E-state index is -0.436. The van der Waals surface area contributed by atoms with Gasteiger partial charge < -0.3 is 0 Å². The number of pyridine rings is 1. The highest BCUT2D eigenvalue weighted by atomic mass is 16.6. The highest BCUT2D eigenvalue weighted by Gasteiger charge is 2.10. The number of nitro benzene ring substituents is 1. The van der Waals surface area contributed by atoms with Crippen molar-refractivity contribution in [1.29, 1.82) is 0 Å². The van der Waals surface area contributed by atoms with Crippen molar-refractivity contribution in [1.82, 2.24) is 14.8 Å². The Hall–Kier alpha value is -4.33. The number of nitrogens with one attached hydrogen (secondary N) is 1. The fourth-order valence-corrected chi connectivity index (χ4v) is 2.94. The molecule has 4 aromatic rings. The van der Waals surface area contributed by atoms with E-state index in [-0.39, 0.29) is 5.69 Å². The number of hydrogen-bond acceptors (Lipinski definition) is 6. The van der Waals surface area contributed by atoms with E-state index in [1.165, 1.54) is 12.1 Å². The lowest BCUT2D eigenvalue weighted by Gasteiger charge is -2.01. The van der Waals surface area contributed by atoms with Gasteiger partial charge in [-0.3, -0.25) is 25.2 Å². The van der Waals surface area contributed by atoms with E-state index in [9.17, 15) is 10.1 Å². The van der Waals surface area contributed by atoms with Crippen molar-refractivity contribution in [2.45, 2.75) is 6.54 Å². The second-order valence-electron chi connectivity index (χ2n) is 6.53. The van der Waals surface area contributed by atoms with E-state index in [4.69, 9.17) is 5.10 Å². The zero-order valence-corrected chi connectivity index (χ0v) is 15.9. The summed E-state index contributed by atoms with van der Waals surface area (Å²) in [6.07, 6.45) is 7.08. The summed E-state index contributed by atoms with van der Waals surface area (Å²) in [5, 5.41) is 19.7. The molecule has 0 unspecified atom stereocenters. The Morgan fingerprint density at radius 2 is 1.87 bits per heavy atom. The first-order valence-electron chi connectivity index (χ1n) is 9.24. The van der Waals surface area contributed by atoms with E-state index < -0.39 is 4.92 Å². The summed E-state index contributed by atoms with van der Waals surface area (Å²) in [5.74, 6) is 0. The van der Waals surface area contributed by atoms with Gasteiger partial charge in [0, 0.05) is 41.9 Å². The summed E-state index contributed by atoms with van der Waals surface area (Å²) in [6, 6.07) is 20.0. The molecule has 0 bridgehead atoms. The summed E-state index contributed by atoms with van der Waals surface area (Å²) in [5.41, 5.74) is 7.21. The first kappa shape index (κ1) is 19.0. The molecule has 148 valence electrons. The van der Waals surface area contributed by atoms with Gasteiger partial charge in [-0.2, -0.15) is 10.2 Å². The van der Waals surface area contributed by atoms with Gasteiger partial charge in [-0.1, -0.05) is 30.3 Å². The second-order valence-corrected chi connectivity index (χ2v) is 6.53. The van der Waals surface area contributed by atoms with Gasteiger partial charge in [0.2, 0.25) is 0 Å². The molecule has 0 aliphatic carbocycles. The molecule has 8 nitrogen and oxygen atoms in total. The molecule has 0 saturated heterocycles. The third kappa shape index (κ3) is 4.56. The minimum Gasteiger partial charge on any atom is -0.278 e. The molecule has 2 heterocycles. The molecule has 0 atom stereocenters. The third-order valence-corrected chi connectivity index (χ3v) is 4.39. The molecule has 0 radical (unpaired) electrons. The number of nitrogens with zero attached hydrogens (tertiary/aromatic N) is 5. The monoisotopic (exact) mass is 398 g/mol. The average molecular weight is 398 g/mol. The molecule has 0 amide bonds. The van der Waals surface area contributed by atoms with E-state index in [2.05, 4.69) is 27.6 Å². The van der Waals surface area contributed by atoms with Crippen LogP contribution in [0.25, 0.3) is 11.3 Å². The van der Waals surface area contributed by atoms with Gasteiger partial charge in [-0.25, -0.2) is 0 Å². The number of benzene rings is 2. The van der Waals surface area contributed by atoms with Crippen LogP contribution in [0.3, 0.4) is 0 Å². The molecule has 2 aromatic heterocycles. The molecule has 0 fully saturated rings. The van der Waals surface area contributed by atoms with Crippen molar-refractivity contribution in [2.24, 2.45) is 5.10 Å². The maximum Gasteiger partial charge on any atom is 0.269 e. The van der Waals surface area contributed by atoms with E-state index >= 15 is 0 Å². The van der Waals surface area contributed by atoms with Gasteiger partial charge in [-0.15, -0.1) is 0 Å². The lowest BCUT2D eigenvalue weighted by molar-refractivity contribution is -0.384. The van der Waals surface area contributed by atoms with Crippen LogP contribution in [0.4, 0.5) is 11.4 Å². The third-order valence-electron chi connectivity index (χ3n) is 4.39. The molecule has 0 saturated carbocycles. The predicted octanol–water partition coefficient (Wildman–Crippen LogP) is 4.35. The van der Waals surface area contributed by atoms with Crippen molar-refractivity contribution in [3.05, 3.63) is 107 Å². The molecule has 0 spiro atoms. The first-order chi connectivity index (χ1) is 14.7. The Labute approximate surface area is 172 Å². The van der Waals surface area contributed by atoms with Crippen molar-refractivity contribution in [3.63, 3.8) is 0 Å². The van der Waals surface area contributed by atoms with E-state index in [0.29, 0.717) is 12.2 Å². The molecule has 1 N–H and O–H groups in total. The van der Waals surface area contributed by atoms with Crippen LogP contribution >= 0.6 is 0 Å². The highest BCUT2D eigenvalue weighted by Crippen LogP contribution is 2.21. The number of non-ortho nitro benzene ring substituents is 1. The van der Waals surface area contributed by atoms with Crippen LogP contribution in [-0.2, 0) is 6.54 Å². The molecule has 8 heteroatoms. The summed E-state index contributed by atoms with van der Waals surface area (Å²) in [4.78, 5) is 14.5. The van der Waals surface area contributed by atoms with E-state index in [1.54, 1.807) is 30.7 Å². The molecular weight excluding hydrogens is 380 g/mol. The molecule has 4 rings (SSSR count). The van der Waals surface area contributed by atoms with Gasteiger partial charge >= 0.3 is 0 Å². The average Bonchev–Trinajstić information content (AvgIpc) is 3.18. The Balaban J connectivity index is 1.57. The SMILES string of the molecule is O=[N+]([O-])c1ccc(N/N=C/c2cn(Cc3ccccc3)nc2-c2cccnc2)cc1. The number of rotatable bonds is 7. The maximum absolute atomic E-state index is 10.8. The number of nitro groups is 1. The quantitative estimate of drug-likeness (QED) is 0.284. The topological polar surface area (TPSA) is 98.2 Å². The van der Waals surface area contributed by atoms with Crippen LogP contribution in [-0.4, -0.2) is 25.9 Å². The Bertz CT molecular complexity index is 1160. The number of hydrogen-bond donors (Lipinski definition) is 1. The molecule has 0 aliphatic rings. The molecule has 30 heavy (non-hydrogen) atoms. The van der Waals surface area contributed by atoms with Crippen LogP contribution in [0.2, 0.25) is 0 Å². The van der Waals surface area contributed by atoms with E-state index in [1.807, 2.05) is 41.2 Å². The van der Waals surface area contributed by atoms with Crippen LogP contribution in [0.1, 0.15) is 11.1 Å². The second kappa shape index (κ2) is 8.78. The normalized spacial score (nSPS) is 10.9. The fraction of sp³-hybridized carbons (Fsp3) is 0.0455. The fourth-order valence-electron chi connectivity index (χ4n) is 2.94. The zero-order chi connectivity index (χ0) is 20.8. The van der Waals surface area contributed by atoms with Crippen LogP contribution in [0, 0.1) is 10.1 Å². The van der Waals surface area contributed by atoms with E-state index in [0.717, 1.165) is 22.4 Å². The standard InChI is InChI=1S/C22H18N6O2/c29-28(30)21-10-8-20(9-11-21)25-24-14-19-16-27(15-17-5-2-1-3-6-17)26-22(19)18-7-4-12-23-13-18/h1-14,16,25H,15H2/b24-14+. The van der Waals surface area contributed by atoms with Gasteiger partial charge in [0.05, 0.1) is 23.4 Å². The number of anilines is 1. The predicted molar refractivity (Wildman–Crippen MR) is 115 cm³/mol. The lowest BCUT2D eigenvalue weighted by Crippen LogP contribution is -2.00. The Morgan fingerprint density at radius 3 is 2.57 bits per heavy atom. The minimum absolute atomic E-state index is 0.0329. The Kier molecular flexibility index (Phi) is 5.56. The van der Waals surface area contributed by atoms with Crippen LogP contribution in [0.15, 0.2) is 90.4 Å². The maximum atomic E-state index is 10.8. The first-order valence-corrected chi connectivity index (χ1v) is 9.24. The number of aromatic nitrogens is 3. The molecule has 2 aromatic carbocycles. The molecular formula is C22H18N6O2. The summed E-state index contributed by atoms with van der Waals surface area (Å²) < 4.78 is 1.87. The van der Waals surface area contributed by atoms with Crippen molar-refractivity contribution >= 4 is 17.6 Å². The lowest BCUT2D eigenvalue weighted by atomic mass is 10.1. The summed E-state index contributed by atoms with van der Waals surface area (Å²) >= 11 is 0. The number of hydrazone groups is 1. The zero-order valence-electron chi connectivity index (χ0n) is 15.9. The van der Waals surface area contributed by atoms with Crippen molar-refractivity contribution in [3.8, 4) is 11.3 Å². The Morgan fingerprint density at radius 1 is 1.07 bits per heavy atom. The largest absolute Gasteiger partial charge is 0.278 e. The van der Waals surface area contributed by atoms with Crippen molar-refractivity contribution < 1.29 is 4.92 Å². The van der Waals surface area contributed by atoms with Crippen LogP contribution in [0.5, 0.6) is 0 Å². The summed E-state index contributed by atoms with van der Waals surface area (Å²) in [7, 11) is 0. The highest BCUT2D eigenvalue weighted by molar-refractivity contribution is 5.88. The van der Waals surface area contributed by atoms with Crippen molar-refractivity contribution in [2.75, 3.05) is 5.43 Å². The summed E-state index contributed by atoms with van der Waals surface area (Å²) in [6.45, 7) is 0.637. The van der Waals surface area contributed by atoms with Gasteiger partial charge in [0.25, 0.3) is 5.69 Å². The van der Waals surface area contributed by atoms with Gasteiger partial charge in [0.1, 0.15) is 5.69 Å². The van der Waals surface area contributed by atoms with Gasteiger partial charge in [0.15, 0.2) is 0 Å². The van der Waals surface area contributed by atoms with Gasteiger partial charge in [-0.05, 0) is 29.8 Å². The van der Waals surface area contributed by atoms with Crippen LogP contribution < -0.4 is 5.43 Å². The molecule has 0 aliphatic heterocycles. The smallest absolute Gasteiger partial charge is 0.269 e.